The van der Waals surface area contributed by atoms with Crippen molar-refractivity contribution in [1.82, 2.24) is 5.32 Å². The first-order valence-corrected chi connectivity index (χ1v) is 6.44. The van der Waals surface area contributed by atoms with Gasteiger partial charge in [-0.25, -0.2) is 0 Å². The van der Waals surface area contributed by atoms with E-state index in [1.165, 1.54) is 0 Å². The van der Waals surface area contributed by atoms with Crippen molar-refractivity contribution in [2.45, 2.75) is 19.5 Å². The van der Waals surface area contributed by atoms with Gasteiger partial charge in [0.1, 0.15) is 11.5 Å². The van der Waals surface area contributed by atoms with Crippen molar-refractivity contribution in [1.29, 1.82) is 0 Å². The second-order valence-electron chi connectivity index (χ2n) is 4.47. The molecule has 0 aliphatic heterocycles. The molecule has 3 nitrogen and oxygen atoms in total. The van der Waals surface area contributed by atoms with E-state index in [4.69, 9.17) is 11.6 Å². The lowest BCUT2D eigenvalue weighted by molar-refractivity contribution is 0.458. The molecule has 0 amide bonds. The molecule has 0 saturated heterocycles. The average Bonchev–Trinajstić information content (AvgIpc) is 2.39. The molecule has 2 rings (SSSR count). The maximum Gasteiger partial charge on any atom is 0.120 e. The van der Waals surface area contributed by atoms with Crippen LogP contribution in [0, 0.1) is 0 Å². The summed E-state index contributed by atoms with van der Waals surface area (Å²) >= 11 is 5.90. The minimum Gasteiger partial charge on any atom is -0.508 e. The Hall–Kier alpha value is -1.71. The van der Waals surface area contributed by atoms with Crippen molar-refractivity contribution in [3.63, 3.8) is 0 Å². The standard InChI is InChI=1S/C15H16ClNO2/c1-10(11-3-2-4-14(18)8-11)17-9-12-7-13(16)5-6-15(12)19/h2-8,10,17-19H,9H2,1H3. The van der Waals surface area contributed by atoms with Gasteiger partial charge in [0.05, 0.1) is 0 Å². The number of hydrogen-bond acceptors (Lipinski definition) is 3. The fourth-order valence-corrected chi connectivity index (χ4v) is 2.07. The number of hydrogen-bond donors (Lipinski definition) is 3. The summed E-state index contributed by atoms with van der Waals surface area (Å²) in [6, 6.07) is 12.1. The molecular weight excluding hydrogens is 262 g/mol. The number of nitrogens with one attached hydrogen (secondary N) is 1. The third-order valence-electron chi connectivity index (χ3n) is 3.01. The zero-order chi connectivity index (χ0) is 13.8. The van der Waals surface area contributed by atoms with Crippen LogP contribution in [0.15, 0.2) is 42.5 Å². The SMILES string of the molecule is CC(NCc1cc(Cl)ccc1O)c1cccc(O)c1. The monoisotopic (exact) mass is 277 g/mol. The van der Waals surface area contributed by atoms with E-state index in [2.05, 4.69) is 5.32 Å². The molecule has 0 radical (unpaired) electrons. The fraction of sp³-hybridized carbons (Fsp3) is 0.200. The third kappa shape index (κ3) is 3.63. The number of benzene rings is 2. The second kappa shape index (κ2) is 5.95. The number of aromatic hydroxyl groups is 2. The molecule has 0 fully saturated rings. The number of phenols is 2. The molecular formula is C15H16ClNO2. The van der Waals surface area contributed by atoms with Crippen molar-refractivity contribution in [3.8, 4) is 11.5 Å². The van der Waals surface area contributed by atoms with Gasteiger partial charge in [0.25, 0.3) is 0 Å². The van der Waals surface area contributed by atoms with Crippen molar-refractivity contribution in [2.24, 2.45) is 0 Å². The minimum absolute atomic E-state index is 0.0606. The molecule has 0 aromatic heterocycles. The quantitative estimate of drug-likeness (QED) is 0.800. The minimum atomic E-state index is 0.0606. The Labute approximate surface area is 117 Å². The Kier molecular flexibility index (Phi) is 4.30. The lowest BCUT2D eigenvalue weighted by atomic mass is 10.1. The highest BCUT2D eigenvalue weighted by molar-refractivity contribution is 6.30. The summed E-state index contributed by atoms with van der Waals surface area (Å²) in [6.45, 7) is 2.50. The highest BCUT2D eigenvalue weighted by atomic mass is 35.5. The first kappa shape index (κ1) is 13.7. The molecule has 0 bridgehead atoms. The van der Waals surface area contributed by atoms with E-state index in [9.17, 15) is 10.2 Å². The molecule has 4 heteroatoms. The Morgan fingerprint density at radius 1 is 1.16 bits per heavy atom. The first-order valence-electron chi connectivity index (χ1n) is 6.06. The molecule has 2 aromatic rings. The summed E-state index contributed by atoms with van der Waals surface area (Å²) < 4.78 is 0. The zero-order valence-corrected chi connectivity index (χ0v) is 11.4. The maximum absolute atomic E-state index is 9.72. The van der Waals surface area contributed by atoms with Crippen LogP contribution in [-0.4, -0.2) is 10.2 Å². The fourth-order valence-electron chi connectivity index (χ4n) is 1.87. The molecule has 0 heterocycles. The van der Waals surface area contributed by atoms with E-state index >= 15 is 0 Å². The molecule has 0 saturated carbocycles. The van der Waals surface area contributed by atoms with Crippen LogP contribution in [0.5, 0.6) is 11.5 Å². The predicted molar refractivity (Wildman–Crippen MR) is 76.5 cm³/mol. The van der Waals surface area contributed by atoms with Gasteiger partial charge in [-0.3, -0.25) is 0 Å². The van der Waals surface area contributed by atoms with Gasteiger partial charge in [-0.05, 0) is 42.8 Å². The Morgan fingerprint density at radius 3 is 2.68 bits per heavy atom. The van der Waals surface area contributed by atoms with E-state index in [1.54, 1.807) is 36.4 Å². The van der Waals surface area contributed by atoms with Gasteiger partial charge in [0, 0.05) is 23.2 Å². The third-order valence-corrected chi connectivity index (χ3v) is 3.25. The van der Waals surface area contributed by atoms with Gasteiger partial charge in [0.2, 0.25) is 0 Å². The Bertz CT molecular complexity index is 572. The van der Waals surface area contributed by atoms with Crippen LogP contribution < -0.4 is 5.32 Å². The molecule has 19 heavy (non-hydrogen) atoms. The van der Waals surface area contributed by atoms with Crippen LogP contribution in [0.4, 0.5) is 0 Å². The summed E-state index contributed by atoms with van der Waals surface area (Å²) in [6.07, 6.45) is 0. The largest absolute Gasteiger partial charge is 0.508 e. The Balaban J connectivity index is 2.04. The topological polar surface area (TPSA) is 52.5 Å². The average molecular weight is 278 g/mol. The predicted octanol–water partition coefficient (Wildman–Crippen LogP) is 3.60. The smallest absolute Gasteiger partial charge is 0.120 e. The summed E-state index contributed by atoms with van der Waals surface area (Å²) in [5.74, 6) is 0.469. The summed E-state index contributed by atoms with van der Waals surface area (Å²) in [5, 5.41) is 23.0. The first-order chi connectivity index (χ1) is 9.06. The van der Waals surface area contributed by atoms with E-state index in [-0.39, 0.29) is 17.5 Å². The van der Waals surface area contributed by atoms with Crippen LogP contribution >= 0.6 is 11.6 Å². The van der Waals surface area contributed by atoms with E-state index < -0.39 is 0 Å². The van der Waals surface area contributed by atoms with Gasteiger partial charge in [0.15, 0.2) is 0 Å². The van der Waals surface area contributed by atoms with Crippen molar-refractivity contribution in [2.75, 3.05) is 0 Å². The molecule has 1 unspecified atom stereocenters. The molecule has 2 aromatic carbocycles. The molecule has 1 atom stereocenters. The van der Waals surface area contributed by atoms with E-state index in [0.29, 0.717) is 11.6 Å². The van der Waals surface area contributed by atoms with Gasteiger partial charge < -0.3 is 15.5 Å². The van der Waals surface area contributed by atoms with Crippen LogP contribution in [0.3, 0.4) is 0 Å². The lowest BCUT2D eigenvalue weighted by Crippen LogP contribution is -2.18. The molecule has 3 N–H and O–H groups in total. The second-order valence-corrected chi connectivity index (χ2v) is 4.91. The number of phenolic OH excluding ortho intramolecular Hbond substituents is 2. The van der Waals surface area contributed by atoms with Crippen molar-refractivity contribution >= 4 is 11.6 Å². The van der Waals surface area contributed by atoms with Gasteiger partial charge in [-0.2, -0.15) is 0 Å². The van der Waals surface area contributed by atoms with E-state index in [0.717, 1.165) is 11.1 Å². The molecule has 0 aliphatic carbocycles. The van der Waals surface area contributed by atoms with Crippen LogP contribution in [-0.2, 0) is 6.54 Å². The number of halogens is 1. The molecule has 0 aliphatic rings. The summed E-state index contributed by atoms with van der Waals surface area (Å²) in [5.41, 5.74) is 1.74. The summed E-state index contributed by atoms with van der Waals surface area (Å²) in [7, 11) is 0. The number of rotatable bonds is 4. The van der Waals surface area contributed by atoms with Crippen LogP contribution in [0.25, 0.3) is 0 Å². The van der Waals surface area contributed by atoms with Crippen LogP contribution in [0.1, 0.15) is 24.1 Å². The van der Waals surface area contributed by atoms with Gasteiger partial charge >= 0.3 is 0 Å². The normalized spacial score (nSPS) is 12.3. The van der Waals surface area contributed by atoms with Crippen molar-refractivity contribution in [3.05, 3.63) is 58.6 Å². The molecule has 0 spiro atoms. The summed E-state index contributed by atoms with van der Waals surface area (Å²) in [4.78, 5) is 0. The lowest BCUT2D eigenvalue weighted by Gasteiger charge is -2.15. The Morgan fingerprint density at radius 2 is 1.95 bits per heavy atom. The highest BCUT2D eigenvalue weighted by Crippen LogP contribution is 2.23. The van der Waals surface area contributed by atoms with Crippen LogP contribution in [0.2, 0.25) is 5.02 Å². The van der Waals surface area contributed by atoms with Gasteiger partial charge in [-0.15, -0.1) is 0 Å². The highest BCUT2D eigenvalue weighted by Gasteiger charge is 2.07. The molecule has 100 valence electrons. The maximum atomic E-state index is 9.72. The van der Waals surface area contributed by atoms with E-state index in [1.807, 2.05) is 13.0 Å². The van der Waals surface area contributed by atoms with Gasteiger partial charge in [-0.1, -0.05) is 23.7 Å². The van der Waals surface area contributed by atoms with Crippen molar-refractivity contribution < 1.29 is 10.2 Å². The zero-order valence-electron chi connectivity index (χ0n) is 10.6.